The van der Waals surface area contributed by atoms with Crippen molar-refractivity contribution in [2.24, 2.45) is 0 Å². The average molecular weight is 349 g/mol. The fourth-order valence-electron chi connectivity index (χ4n) is 3.95. The van der Waals surface area contributed by atoms with E-state index in [1.54, 1.807) is 0 Å². The van der Waals surface area contributed by atoms with Crippen molar-refractivity contribution in [3.8, 4) is 0 Å². The van der Waals surface area contributed by atoms with Gasteiger partial charge in [0.05, 0.1) is 32.3 Å². The Morgan fingerprint density at radius 1 is 0.500 bits per heavy atom. The van der Waals surface area contributed by atoms with E-state index < -0.39 is 32.3 Å². The van der Waals surface area contributed by atoms with Crippen molar-refractivity contribution in [3.05, 3.63) is 0 Å². The minimum absolute atomic E-state index is 0.0137. The number of rotatable bonds is 0. The molecule has 2 nitrogen and oxygen atoms in total. The first-order valence-corrected chi connectivity index (χ1v) is 21.2. The van der Waals surface area contributed by atoms with Gasteiger partial charge in [0.1, 0.15) is 0 Å². The summed E-state index contributed by atoms with van der Waals surface area (Å²) in [6.45, 7) is 18.9. The summed E-state index contributed by atoms with van der Waals surface area (Å²) in [5.41, 5.74) is 0. The van der Waals surface area contributed by atoms with Crippen molar-refractivity contribution in [2.75, 3.05) is 0 Å². The predicted molar refractivity (Wildman–Crippen MR) is 101 cm³/mol. The maximum absolute atomic E-state index is 11.0. The molecule has 120 valence electrons. The molecule has 1 fully saturated rings. The van der Waals surface area contributed by atoms with Gasteiger partial charge >= 0.3 is 0 Å². The fourth-order valence-corrected chi connectivity index (χ4v) is 34.0. The van der Waals surface area contributed by atoms with Gasteiger partial charge in [-0.3, -0.25) is 0 Å². The summed E-state index contributed by atoms with van der Waals surface area (Å²) in [5.74, 6) is 0. The first-order chi connectivity index (χ1) is 8.72. The monoisotopic (exact) mass is 348 g/mol. The lowest BCUT2D eigenvalue weighted by atomic mass is 10.9. The van der Waals surface area contributed by atoms with Crippen LogP contribution in [0.15, 0.2) is 0 Å². The van der Waals surface area contributed by atoms with Gasteiger partial charge in [0, 0.05) is 10.7 Å². The van der Waals surface area contributed by atoms with E-state index in [0.717, 1.165) is 0 Å². The van der Waals surface area contributed by atoms with E-state index >= 15 is 0 Å². The van der Waals surface area contributed by atoms with Crippen molar-refractivity contribution >= 4 is 32.3 Å². The summed E-state index contributed by atoms with van der Waals surface area (Å²) in [4.78, 5) is 0. The molecule has 0 bridgehead atoms. The highest BCUT2D eigenvalue weighted by molar-refractivity contribution is 7.02. The zero-order chi connectivity index (χ0) is 16.0. The second kappa shape index (κ2) is 5.77. The van der Waals surface area contributed by atoms with Crippen LogP contribution in [-0.4, -0.2) is 53.2 Å². The van der Waals surface area contributed by atoms with E-state index in [0.29, 0.717) is 0 Å². The van der Waals surface area contributed by atoms with Crippen molar-refractivity contribution in [1.29, 1.82) is 0 Å². The summed E-state index contributed by atoms with van der Waals surface area (Å²) in [7, 11) is -6.30. The van der Waals surface area contributed by atoms with Crippen LogP contribution in [0.4, 0.5) is 0 Å². The summed E-state index contributed by atoms with van der Waals surface area (Å²) < 4.78 is 0. The lowest BCUT2D eigenvalue weighted by molar-refractivity contribution is 0.302. The standard InChI is InChI=1S/C14H36O2Si4/c1-17(2)9-10-19(5,6)14(16)20(7,8)12-11-18(3,4)13(17)15/h13-16H,9-12H2,1-8H3. The smallest absolute Gasteiger partial charge is 0.0769 e. The Kier molecular flexibility index (Phi) is 5.44. The molecule has 0 aromatic heterocycles. The first kappa shape index (κ1) is 18.8. The van der Waals surface area contributed by atoms with Gasteiger partial charge in [-0.25, -0.2) is 0 Å². The third-order valence-corrected chi connectivity index (χ3v) is 28.2. The van der Waals surface area contributed by atoms with Crippen LogP contribution < -0.4 is 0 Å². The average Bonchev–Trinajstić information content (AvgIpc) is 2.31. The molecule has 1 aliphatic rings. The Bertz CT molecular complexity index is 287. The largest absolute Gasteiger partial charge is 0.400 e. The van der Waals surface area contributed by atoms with Gasteiger partial charge in [-0.05, 0) is 0 Å². The van der Waals surface area contributed by atoms with Gasteiger partial charge < -0.3 is 10.2 Å². The number of aliphatic hydroxyl groups excluding tert-OH is 2. The number of hydrogen-bond donors (Lipinski definition) is 2. The first-order valence-electron chi connectivity index (χ1n) is 8.09. The van der Waals surface area contributed by atoms with Crippen LogP contribution in [0.1, 0.15) is 0 Å². The Morgan fingerprint density at radius 2 is 0.650 bits per heavy atom. The molecule has 0 aromatic rings. The second-order valence-corrected chi connectivity index (χ2v) is 31.0. The summed E-state index contributed by atoms with van der Waals surface area (Å²) >= 11 is 0. The maximum Gasteiger partial charge on any atom is 0.0769 e. The van der Waals surface area contributed by atoms with Crippen LogP contribution in [0.3, 0.4) is 0 Å². The van der Waals surface area contributed by atoms with E-state index in [2.05, 4.69) is 52.4 Å². The minimum Gasteiger partial charge on any atom is -0.400 e. The minimum atomic E-state index is -1.57. The zero-order valence-electron chi connectivity index (χ0n) is 14.9. The lowest BCUT2D eigenvalue weighted by Gasteiger charge is -2.46. The molecule has 0 aliphatic carbocycles. The van der Waals surface area contributed by atoms with Gasteiger partial charge in [-0.1, -0.05) is 76.6 Å². The van der Waals surface area contributed by atoms with Crippen LogP contribution in [0, 0.1) is 0 Å². The molecule has 6 heteroatoms. The highest BCUT2D eigenvalue weighted by Gasteiger charge is 2.49. The van der Waals surface area contributed by atoms with Gasteiger partial charge in [0.15, 0.2) is 0 Å². The van der Waals surface area contributed by atoms with E-state index in [1.807, 2.05) is 0 Å². The summed E-state index contributed by atoms with van der Waals surface area (Å²) in [6, 6.07) is 4.80. The summed E-state index contributed by atoms with van der Waals surface area (Å²) in [6.07, 6.45) is 0. The molecule has 2 N–H and O–H groups in total. The Morgan fingerprint density at radius 3 is 0.800 bits per heavy atom. The molecule has 1 saturated heterocycles. The quantitative estimate of drug-likeness (QED) is 0.655. The molecule has 0 amide bonds. The summed E-state index contributed by atoms with van der Waals surface area (Å²) in [5, 5.41) is 22.0. The molecule has 0 saturated carbocycles. The van der Waals surface area contributed by atoms with Crippen LogP contribution in [-0.2, 0) is 0 Å². The normalized spacial score (nSPS) is 36.3. The zero-order valence-corrected chi connectivity index (χ0v) is 18.9. The molecule has 0 spiro atoms. The van der Waals surface area contributed by atoms with Gasteiger partial charge in [-0.15, -0.1) is 0 Å². The molecule has 1 heterocycles. The highest BCUT2D eigenvalue weighted by atomic mass is 28.4. The maximum atomic E-state index is 11.0. The van der Waals surface area contributed by atoms with Crippen LogP contribution in [0.25, 0.3) is 0 Å². The Labute approximate surface area is 130 Å². The van der Waals surface area contributed by atoms with Crippen LogP contribution >= 0.6 is 0 Å². The number of hydrogen-bond acceptors (Lipinski definition) is 2. The van der Waals surface area contributed by atoms with Crippen molar-refractivity contribution in [2.45, 2.75) is 87.3 Å². The van der Waals surface area contributed by atoms with E-state index in [-0.39, 0.29) is 10.7 Å². The lowest BCUT2D eigenvalue weighted by Crippen LogP contribution is -2.63. The third-order valence-electron chi connectivity index (χ3n) is 5.79. The molecule has 0 radical (unpaired) electrons. The molecule has 20 heavy (non-hydrogen) atoms. The van der Waals surface area contributed by atoms with Crippen molar-refractivity contribution in [1.82, 2.24) is 0 Å². The Balaban J connectivity index is 3.13. The van der Waals surface area contributed by atoms with Gasteiger partial charge in [-0.2, -0.15) is 0 Å². The van der Waals surface area contributed by atoms with Crippen LogP contribution in [0.2, 0.25) is 76.6 Å². The van der Waals surface area contributed by atoms with Crippen LogP contribution in [0.5, 0.6) is 0 Å². The molecule has 1 rings (SSSR count). The molecular formula is C14H36O2Si4. The molecular weight excluding hydrogens is 312 g/mol. The molecule has 0 unspecified atom stereocenters. The second-order valence-electron chi connectivity index (χ2n) is 9.76. The van der Waals surface area contributed by atoms with Gasteiger partial charge in [0.25, 0.3) is 0 Å². The van der Waals surface area contributed by atoms with E-state index in [1.165, 1.54) is 24.2 Å². The molecule has 1 aliphatic heterocycles. The van der Waals surface area contributed by atoms with E-state index in [4.69, 9.17) is 0 Å². The van der Waals surface area contributed by atoms with Crippen molar-refractivity contribution < 1.29 is 10.2 Å². The molecule has 0 aromatic carbocycles. The molecule has 0 atom stereocenters. The van der Waals surface area contributed by atoms with Crippen molar-refractivity contribution in [3.63, 3.8) is 0 Å². The topological polar surface area (TPSA) is 40.5 Å². The van der Waals surface area contributed by atoms with Gasteiger partial charge in [0.2, 0.25) is 0 Å². The third kappa shape index (κ3) is 3.95. The SMILES string of the molecule is C[Si]1(C)CC[Si](C)(C)C(O)[Si](C)(C)CC[Si](C)(C)C1O. The van der Waals surface area contributed by atoms with E-state index in [9.17, 15) is 10.2 Å². The fraction of sp³-hybridized carbons (Fsp3) is 1.00. The Hall–Kier alpha value is 0.788. The predicted octanol–water partition coefficient (Wildman–Crippen LogP) is 3.71. The number of aliphatic hydroxyl groups is 2. The highest BCUT2D eigenvalue weighted by Crippen LogP contribution is 2.37.